The molecule has 0 aliphatic rings. The second-order valence-electron chi connectivity index (χ2n) is 3.77. The van der Waals surface area contributed by atoms with Crippen molar-refractivity contribution in [3.63, 3.8) is 0 Å². The van der Waals surface area contributed by atoms with Gasteiger partial charge < -0.3 is 4.42 Å². The lowest BCUT2D eigenvalue weighted by atomic mass is 10.2. The maximum absolute atomic E-state index is 10.5. The molecule has 2 aromatic heterocycles. The average molecular weight is 275 g/mol. The minimum Gasteiger partial charge on any atom is -0.442 e. The second-order valence-corrected chi connectivity index (χ2v) is 4.86. The molecule has 0 N–H and O–H groups in total. The molecule has 0 aliphatic carbocycles. The van der Waals surface area contributed by atoms with E-state index in [9.17, 15) is 10.1 Å². The Bertz CT molecular complexity index is 706. The summed E-state index contributed by atoms with van der Waals surface area (Å²) < 4.78 is 5.36. The first-order valence-corrected chi connectivity index (χ1v) is 6.13. The number of nitrogens with zero attached hydrogens (tertiary/aromatic N) is 3. The van der Waals surface area contributed by atoms with Crippen molar-refractivity contribution >= 4 is 28.4 Å². The molecular weight excluding hydrogens is 266 g/mol. The third kappa shape index (κ3) is 2.53. The predicted molar refractivity (Wildman–Crippen MR) is 71.1 cm³/mol. The van der Waals surface area contributed by atoms with Crippen LogP contribution in [0.5, 0.6) is 0 Å². The van der Waals surface area contributed by atoms with Gasteiger partial charge in [0, 0.05) is 17.8 Å². The van der Waals surface area contributed by atoms with E-state index >= 15 is 0 Å². The van der Waals surface area contributed by atoms with Crippen molar-refractivity contribution < 1.29 is 9.34 Å². The smallest absolute Gasteiger partial charge is 0.324 e. The first kappa shape index (κ1) is 13.0. The summed E-state index contributed by atoms with van der Waals surface area (Å²) in [4.78, 5) is 14.8. The normalized spacial score (nSPS) is 10.8. The number of aryl methyl sites for hydroxylation is 1. The summed E-state index contributed by atoms with van der Waals surface area (Å²) in [6.07, 6.45) is 1.45. The second kappa shape index (κ2) is 5.04. The summed E-state index contributed by atoms with van der Waals surface area (Å²) in [6, 6.07) is 5.04. The van der Waals surface area contributed by atoms with E-state index in [2.05, 4.69) is 4.99 Å². The predicted octanol–water partition coefficient (Wildman–Crippen LogP) is 3.49. The van der Waals surface area contributed by atoms with Gasteiger partial charge in [0.05, 0.1) is 9.80 Å². The molecule has 0 atom stereocenters. The molecule has 0 radical (unpaired) electrons. The van der Waals surface area contributed by atoms with Gasteiger partial charge in [-0.1, -0.05) is 11.3 Å². The molecule has 96 valence electrons. The van der Waals surface area contributed by atoms with Crippen LogP contribution in [0.25, 0.3) is 0 Å². The quantitative estimate of drug-likeness (QED) is 0.487. The third-order valence-corrected chi connectivity index (χ3v) is 3.55. The molecule has 0 saturated carbocycles. The molecule has 0 spiro atoms. The molecule has 2 heterocycles. The van der Waals surface area contributed by atoms with Crippen LogP contribution in [0, 0.1) is 35.3 Å². The number of rotatable bonds is 3. The van der Waals surface area contributed by atoms with Crippen molar-refractivity contribution in [1.29, 1.82) is 5.26 Å². The van der Waals surface area contributed by atoms with Crippen LogP contribution in [0.4, 0.5) is 10.9 Å². The zero-order valence-corrected chi connectivity index (χ0v) is 11.0. The highest BCUT2D eigenvalue weighted by Gasteiger charge is 2.13. The molecule has 7 heteroatoms. The molecule has 0 saturated heterocycles. The monoisotopic (exact) mass is 275 g/mol. The summed E-state index contributed by atoms with van der Waals surface area (Å²) in [5.74, 6) is 0.870. The summed E-state index contributed by atoms with van der Waals surface area (Å²) in [5.41, 5.74) is 1.15. The van der Waals surface area contributed by atoms with Crippen LogP contribution in [0.2, 0.25) is 0 Å². The highest BCUT2D eigenvalue weighted by atomic mass is 32.1. The van der Waals surface area contributed by atoms with E-state index in [1.54, 1.807) is 19.9 Å². The zero-order chi connectivity index (χ0) is 14.0. The molecule has 2 aromatic rings. The van der Waals surface area contributed by atoms with Gasteiger partial charge in [0.15, 0.2) is 0 Å². The van der Waals surface area contributed by atoms with E-state index in [0.29, 0.717) is 16.2 Å². The summed E-state index contributed by atoms with van der Waals surface area (Å²) >= 11 is 1.01. The van der Waals surface area contributed by atoms with Crippen LogP contribution < -0.4 is 0 Å². The molecule has 0 bridgehead atoms. The van der Waals surface area contributed by atoms with Gasteiger partial charge >= 0.3 is 5.00 Å². The molecule has 0 amide bonds. The van der Waals surface area contributed by atoms with Gasteiger partial charge in [-0.3, -0.25) is 10.1 Å². The number of nitriles is 1. The van der Waals surface area contributed by atoms with Gasteiger partial charge in [0.25, 0.3) is 0 Å². The zero-order valence-electron chi connectivity index (χ0n) is 10.2. The third-order valence-electron chi connectivity index (χ3n) is 2.58. The number of thiophene rings is 1. The number of nitro groups is 1. The standard InChI is InChI=1S/C12H9N3O3S/c1-7-8(2)18-12(10(7)5-13)14-6-9-3-4-11(19-9)15(16)17/h3-4,6H,1-2H3/b14-6+. The van der Waals surface area contributed by atoms with Gasteiger partial charge in [-0.2, -0.15) is 5.26 Å². The number of furan rings is 1. The van der Waals surface area contributed by atoms with Gasteiger partial charge in [0.2, 0.25) is 5.88 Å². The number of hydrogen-bond donors (Lipinski definition) is 0. The fraction of sp³-hybridized carbons (Fsp3) is 0.167. The van der Waals surface area contributed by atoms with Crippen LogP contribution in [0.15, 0.2) is 21.5 Å². The molecule has 2 rings (SSSR count). The topological polar surface area (TPSA) is 92.4 Å². The van der Waals surface area contributed by atoms with Crippen molar-refractivity contribution in [2.24, 2.45) is 4.99 Å². The van der Waals surface area contributed by atoms with Crippen LogP contribution in [0.3, 0.4) is 0 Å². The largest absolute Gasteiger partial charge is 0.442 e. The Balaban J connectivity index is 2.30. The van der Waals surface area contributed by atoms with E-state index < -0.39 is 4.92 Å². The lowest BCUT2D eigenvalue weighted by Crippen LogP contribution is -1.80. The average Bonchev–Trinajstić information content (AvgIpc) is 2.93. The number of aliphatic imine (C=N–C) groups is 1. The molecule has 6 nitrogen and oxygen atoms in total. The van der Waals surface area contributed by atoms with Gasteiger partial charge in [-0.25, -0.2) is 4.99 Å². The van der Waals surface area contributed by atoms with E-state index in [1.165, 1.54) is 12.3 Å². The summed E-state index contributed by atoms with van der Waals surface area (Å²) in [7, 11) is 0. The molecule has 0 aromatic carbocycles. The van der Waals surface area contributed by atoms with E-state index in [1.807, 2.05) is 6.07 Å². The summed E-state index contributed by atoms with van der Waals surface area (Å²) in [6.45, 7) is 3.54. The fourth-order valence-corrected chi connectivity index (χ4v) is 2.16. The van der Waals surface area contributed by atoms with Gasteiger partial charge in [-0.15, -0.1) is 0 Å². The molecule has 0 aliphatic heterocycles. The Morgan fingerprint density at radius 1 is 1.53 bits per heavy atom. The molecular formula is C12H9N3O3S. The van der Waals surface area contributed by atoms with Crippen molar-refractivity contribution in [3.8, 4) is 6.07 Å². The maximum Gasteiger partial charge on any atom is 0.324 e. The Hall–Kier alpha value is -2.46. The number of hydrogen-bond acceptors (Lipinski definition) is 6. The lowest BCUT2D eigenvalue weighted by molar-refractivity contribution is -0.380. The van der Waals surface area contributed by atoms with Gasteiger partial charge in [0.1, 0.15) is 17.4 Å². The maximum atomic E-state index is 10.5. The Morgan fingerprint density at radius 2 is 2.26 bits per heavy atom. The van der Waals surface area contributed by atoms with E-state index in [-0.39, 0.29) is 10.9 Å². The Morgan fingerprint density at radius 3 is 2.84 bits per heavy atom. The highest BCUT2D eigenvalue weighted by molar-refractivity contribution is 7.16. The minimum absolute atomic E-state index is 0.0498. The fourth-order valence-electron chi connectivity index (χ4n) is 1.46. The van der Waals surface area contributed by atoms with Crippen LogP contribution in [-0.4, -0.2) is 11.1 Å². The van der Waals surface area contributed by atoms with Crippen molar-refractivity contribution in [1.82, 2.24) is 0 Å². The van der Waals surface area contributed by atoms with Gasteiger partial charge in [-0.05, 0) is 19.9 Å². The van der Waals surface area contributed by atoms with Crippen molar-refractivity contribution in [2.45, 2.75) is 13.8 Å². The lowest BCUT2D eigenvalue weighted by Gasteiger charge is -1.86. The van der Waals surface area contributed by atoms with Crippen LogP contribution in [0.1, 0.15) is 21.8 Å². The van der Waals surface area contributed by atoms with E-state index in [4.69, 9.17) is 9.68 Å². The molecule has 0 unspecified atom stereocenters. The molecule has 0 fully saturated rings. The van der Waals surface area contributed by atoms with E-state index in [0.717, 1.165) is 16.9 Å². The van der Waals surface area contributed by atoms with Crippen molar-refractivity contribution in [3.05, 3.63) is 44.0 Å². The highest BCUT2D eigenvalue weighted by Crippen LogP contribution is 2.28. The van der Waals surface area contributed by atoms with Crippen LogP contribution in [-0.2, 0) is 0 Å². The Labute approximate surface area is 112 Å². The summed E-state index contributed by atoms with van der Waals surface area (Å²) in [5, 5.41) is 19.6. The van der Waals surface area contributed by atoms with Crippen LogP contribution >= 0.6 is 11.3 Å². The first-order valence-electron chi connectivity index (χ1n) is 5.31. The van der Waals surface area contributed by atoms with Crippen molar-refractivity contribution in [2.75, 3.05) is 0 Å². The minimum atomic E-state index is -0.454. The Kier molecular flexibility index (Phi) is 3.44. The first-order chi connectivity index (χ1) is 9.02. The molecule has 19 heavy (non-hydrogen) atoms. The SMILES string of the molecule is Cc1oc(/N=C/c2ccc([N+](=O)[O-])s2)c(C#N)c1C.